The number of carbonyl (C=O) groups is 4. The fourth-order valence-corrected chi connectivity index (χ4v) is 1.88. The maximum Gasteiger partial charge on any atom is 0.358 e. The Hall–Kier alpha value is -2.78. The molecule has 112 valence electrons. The molecule has 0 saturated carbocycles. The van der Waals surface area contributed by atoms with E-state index in [2.05, 4.69) is 15.6 Å². The van der Waals surface area contributed by atoms with Gasteiger partial charge in [0.15, 0.2) is 5.69 Å². The highest BCUT2D eigenvalue weighted by Crippen LogP contribution is 2.18. The summed E-state index contributed by atoms with van der Waals surface area (Å²) < 4.78 is 1.04. The Kier molecular flexibility index (Phi) is 3.45. The average molecular weight is 295 g/mol. The van der Waals surface area contributed by atoms with Gasteiger partial charge in [0, 0.05) is 0 Å². The highest BCUT2D eigenvalue weighted by atomic mass is 16.4. The van der Waals surface area contributed by atoms with Crippen LogP contribution in [0.1, 0.15) is 24.3 Å². The van der Waals surface area contributed by atoms with Crippen molar-refractivity contribution in [3.8, 4) is 0 Å². The van der Waals surface area contributed by atoms with Gasteiger partial charge in [-0.1, -0.05) is 5.21 Å². The third kappa shape index (κ3) is 2.73. The number of nitrogens with one attached hydrogen (secondary N) is 1. The van der Waals surface area contributed by atoms with E-state index in [4.69, 9.17) is 5.11 Å². The molecule has 0 spiro atoms. The molecule has 2 heterocycles. The van der Waals surface area contributed by atoms with Gasteiger partial charge in [0.1, 0.15) is 18.6 Å². The smallest absolute Gasteiger partial charge is 0.358 e. The Labute approximate surface area is 118 Å². The first-order valence-corrected chi connectivity index (χ1v) is 6.00. The van der Waals surface area contributed by atoms with Crippen LogP contribution in [0.25, 0.3) is 0 Å². The van der Waals surface area contributed by atoms with Crippen molar-refractivity contribution in [2.75, 3.05) is 6.54 Å². The summed E-state index contributed by atoms with van der Waals surface area (Å²) in [5.41, 5.74) is -1.48. The number of hydrogen-bond acceptors (Lipinski definition) is 6. The van der Waals surface area contributed by atoms with Gasteiger partial charge in [-0.15, -0.1) is 5.10 Å². The Morgan fingerprint density at radius 1 is 1.43 bits per heavy atom. The summed E-state index contributed by atoms with van der Waals surface area (Å²) in [5, 5.41) is 17.8. The second-order valence-electron chi connectivity index (χ2n) is 5.02. The van der Waals surface area contributed by atoms with Crippen LogP contribution in [0.2, 0.25) is 0 Å². The van der Waals surface area contributed by atoms with E-state index in [9.17, 15) is 19.2 Å². The first-order chi connectivity index (χ1) is 9.71. The van der Waals surface area contributed by atoms with Crippen molar-refractivity contribution in [1.29, 1.82) is 0 Å². The number of piperazine rings is 1. The summed E-state index contributed by atoms with van der Waals surface area (Å²) in [6, 6.07) is 0. The first-order valence-electron chi connectivity index (χ1n) is 6.00. The number of rotatable bonds is 3. The van der Waals surface area contributed by atoms with Crippen molar-refractivity contribution < 1.29 is 24.3 Å². The Morgan fingerprint density at radius 3 is 2.67 bits per heavy atom. The van der Waals surface area contributed by atoms with E-state index in [1.165, 1.54) is 13.8 Å². The molecule has 3 amide bonds. The maximum absolute atomic E-state index is 12.2. The minimum atomic E-state index is -1.26. The number of imide groups is 1. The molecule has 0 bridgehead atoms. The van der Waals surface area contributed by atoms with Gasteiger partial charge < -0.3 is 10.0 Å². The van der Waals surface area contributed by atoms with E-state index in [1.54, 1.807) is 0 Å². The van der Waals surface area contributed by atoms with Crippen LogP contribution >= 0.6 is 0 Å². The second kappa shape index (κ2) is 4.96. The van der Waals surface area contributed by atoms with Gasteiger partial charge in [0.25, 0.3) is 5.91 Å². The third-order valence-corrected chi connectivity index (χ3v) is 3.14. The molecule has 21 heavy (non-hydrogen) atoms. The van der Waals surface area contributed by atoms with Gasteiger partial charge >= 0.3 is 5.97 Å². The molecule has 0 aromatic carbocycles. The molecule has 2 rings (SSSR count). The summed E-state index contributed by atoms with van der Waals surface area (Å²) in [5.74, 6) is -2.94. The van der Waals surface area contributed by atoms with Crippen molar-refractivity contribution in [2.45, 2.75) is 25.9 Å². The monoisotopic (exact) mass is 295 g/mol. The lowest BCUT2D eigenvalue weighted by Gasteiger charge is -2.40. The molecule has 0 unspecified atom stereocenters. The molecule has 0 atom stereocenters. The summed E-state index contributed by atoms with van der Waals surface area (Å²) in [7, 11) is 0. The van der Waals surface area contributed by atoms with Gasteiger partial charge in [0.2, 0.25) is 11.8 Å². The van der Waals surface area contributed by atoms with E-state index in [-0.39, 0.29) is 18.8 Å². The lowest BCUT2D eigenvalue weighted by atomic mass is 9.98. The molecule has 1 aromatic heterocycles. The zero-order chi connectivity index (χ0) is 15.8. The second-order valence-corrected chi connectivity index (χ2v) is 5.02. The molecule has 10 nitrogen and oxygen atoms in total. The molecular weight excluding hydrogens is 282 g/mol. The number of carboxylic acids is 1. The Morgan fingerprint density at radius 2 is 2.10 bits per heavy atom. The molecule has 2 N–H and O–H groups in total. The topological polar surface area (TPSA) is 134 Å². The average Bonchev–Trinajstić information content (AvgIpc) is 2.82. The number of amides is 3. The number of aromatic carboxylic acids is 1. The van der Waals surface area contributed by atoms with Gasteiger partial charge in [-0.2, -0.15) is 0 Å². The predicted molar refractivity (Wildman–Crippen MR) is 65.9 cm³/mol. The maximum atomic E-state index is 12.2. The number of carbonyl (C=O) groups excluding carboxylic acids is 3. The van der Waals surface area contributed by atoms with Crippen molar-refractivity contribution in [1.82, 2.24) is 25.2 Å². The van der Waals surface area contributed by atoms with Crippen LogP contribution in [0, 0.1) is 0 Å². The SMILES string of the molecule is CC1(C)C(=O)NC(=O)CN1C(=O)Cn1cc(C(=O)O)nn1. The van der Waals surface area contributed by atoms with Crippen molar-refractivity contribution in [3.05, 3.63) is 11.9 Å². The fourth-order valence-electron chi connectivity index (χ4n) is 1.88. The van der Waals surface area contributed by atoms with E-state index < -0.39 is 29.2 Å². The molecule has 10 heteroatoms. The number of aromatic nitrogens is 3. The van der Waals surface area contributed by atoms with Gasteiger partial charge in [-0.3, -0.25) is 19.7 Å². The highest BCUT2D eigenvalue weighted by Gasteiger charge is 2.43. The van der Waals surface area contributed by atoms with E-state index in [0.717, 1.165) is 15.8 Å². The van der Waals surface area contributed by atoms with E-state index in [0.29, 0.717) is 0 Å². The van der Waals surface area contributed by atoms with Crippen molar-refractivity contribution >= 4 is 23.7 Å². The van der Waals surface area contributed by atoms with E-state index in [1.807, 2.05) is 0 Å². The zero-order valence-electron chi connectivity index (χ0n) is 11.4. The van der Waals surface area contributed by atoms with Crippen LogP contribution in [-0.4, -0.2) is 60.8 Å². The number of nitrogens with zero attached hydrogens (tertiary/aromatic N) is 4. The molecule has 0 aliphatic carbocycles. The molecule has 1 fully saturated rings. The molecular formula is C11H13N5O5. The van der Waals surface area contributed by atoms with Crippen LogP contribution in [0.3, 0.4) is 0 Å². The molecule has 1 aliphatic heterocycles. The summed E-state index contributed by atoms with van der Waals surface area (Å²) in [6.45, 7) is 2.45. The fraction of sp³-hybridized carbons (Fsp3) is 0.455. The van der Waals surface area contributed by atoms with Crippen LogP contribution in [0.15, 0.2) is 6.20 Å². The predicted octanol–water partition coefficient (Wildman–Crippen LogP) is -1.76. The van der Waals surface area contributed by atoms with Crippen LogP contribution in [0.4, 0.5) is 0 Å². The van der Waals surface area contributed by atoms with Gasteiger partial charge in [-0.05, 0) is 13.8 Å². The molecule has 1 aromatic rings. The van der Waals surface area contributed by atoms with E-state index >= 15 is 0 Å². The Balaban J connectivity index is 2.16. The zero-order valence-corrected chi connectivity index (χ0v) is 11.4. The summed E-state index contributed by atoms with van der Waals surface area (Å²) in [4.78, 5) is 47.1. The quantitative estimate of drug-likeness (QED) is 0.631. The normalized spacial score (nSPS) is 17.5. The van der Waals surface area contributed by atoms with Crippen molar-refractivity contribution in [2.24, 2.45) is 0 Å². The third-order valence-electron chi connectivity index (χ3n) is 3.14. The van der Waals surface area contributed by atoms with Crippen LogP contribution in [0.5, 0.6) is 0 Å². The van der Waals surface area contributed by atoms with Crippen molar-refractivity contribution in [3.63, 3.8) is 0 Å². The number of hydrogen-bond donors (Lipinski definition) is 2. The van der Waals surface area contributed by atoms with Gasteiger partial charge in [-0.25, -0.2) is 9.48 Å². The lowest BCUT2D eigenvalue weighted by molar-refractivity contribution is -0.156. The minimum absolute atomic E-state index is 0.252. The molecule has 1 saturated heterocycles. The molecule has 1 aliphatic rings. The largest absolute Gasteiger partial charge is 0.476 e. The standard InChI is InChI=1S/C11H13N5O5/c1-11(2)10(21)12-7(17)4-16(11)8(18)5-15-3-6(9(19)20)13-14-15/h3H,4-5H2,1-2H3,(H,19,20)(H,12,17,21). The highest BCUT2D eigenvalue weighted by molar-refractivity contribution is 6.06. The summed E-state index contributed by atoms with van der Waals surface area (Å²) in [6.07, 6.45) is 1.10. The van der Waals surface area contributed by atoms with Crippen LogP contribution < -0.4 is 5.32 Å². The van der Waals surface area contributed by atoms with Gasteiger partial charge in [0.05, 0.1) is 6.20 Å². The Bertz CT molecular complexity index is 635. The number of carboxylic acid groups (broad SMARTS) is 1. The summed E-state index contributed by atoms with van der Waals surface area (Å²) >= 11 is 0. The molecule has 0 radical (unpaired) electrons. The first kappa shape index (κ1) is 14.6. The lowest BCUT2D eigenvalue weighted by Crippen LogP contribution is -2.65. The van der Waals surface area contributed by atoms with Crippen LogP contribution in [-0.2, 0) is 20.9 Å². The minimum Gasteiger partial charge on any atom is -0.476 e.